The summed E-state index contributed by atoms with van der Waals surface area (Å²) in [6.45, 7) is 5.79. The maximum atomic E-state index is 12.4. The molecule has 0 aliphatic heterocycles. The minimum absolute atomic E-state index is 0.115. The number of benzene rings is 2. The van der Waals surface area contributed by atoms with E-state index in [-0.39, 0.29) is 28.1 Å². The molecule has 0 unspecified atom stereocenters. The van der Waals surface area contributed by atoms with Crippen LogP contribution in [0, 0.1) is 0 Å². The summed E-state index contributed by atoms with van der Waals surface area (Å²) in [4.78, 5) is 23.7. The van der Waals surface area contributed by atoms with Crippen LogP contribution in [0.15, 0.2) is 48.5 Å². The van der Waals surface area contributed by atoms with Crippen LogP contribution in [0.2, 0.25) is 0 Å². The smallest absolute Gasteiger partial charge is 0.257 e. The van der Waals surface area contributed by atoms with Gasteiger partial charge in [0.2, 0.25) is 5.91 Å². The molecule has 31 heavy (non-hydrogen) atoms. The standard InChI is InChI=1S/C22H26N4O3S2/c1-4-14(3)29-18-12-6-15(7-13-18)20(28)26-22(31)24-17-10-8-16(9-11-17)23-21(30)25-19(27)5-2/h6-14H,4-5H2,1-3H3,(H2,23,25,27,30)(H2,24,26,28,31)/t14-/m0/s1. The van der Waals surface area contributed by atoms with Gasteiger partial charge in [0.05, 0.1) is 6.10 Å². The van der Waals surface area contributed by atoms with E-state index in [1.807, 2.05) is 13.8 Å². The molecule has 0 aliphatic rings. The molecule has 0 bridgehead atoms. The van der Waals surface area contributed by atoms with Crippen LogP contribution in [0.1, 0.15) is 44.0 Å². The SMILES string of the molecule is CCC(=O)NC(=S)Nc1ccc(NC(=S)NC(=O)c2ccc(O[C@@H](C)CC)cc2)cc1. The fourth-order valence-corrected chi connectivity index (χ4v) is 2.79. The zero-order chi connectivity index (χ0) is 22.8. The highest BCUT2D eigenvalue weighted by molar-refractivity contribution is 7.80. The Bertz CT molecular complexity index is 931. The molecule has 0 aromatic heterocycles. The van der Waals surface area contributed by atoms with Crippen molar-refractivity contribution < 1.29 is 14.3 Å². The van der Waals surface area contributed by atoms with Gasteiger partial charge >= 0.3 is 0 Å². The number of carbonyl (C=O) groups is 2. The number of amides is 2. The minimum atomic E-state index is -0.317. The zero-order valence-corrected chi connectivity index (χ0v) is 19.3. The van der Waals surface area contributed by atoms with Crippen LogP contribution in [-0.2, 0) is 4.79 Å². The molecule has 0 spiro atoms. The Labute approximate surface area is 192 Å². The monoisotopic (exact) mass is 458 g/mol. The average Bonchev–Trinajstić information content (AvgIpc) is 2.75. The first-order valence-corrected chi connectivity index (χ1v) is 10.7. The lowest BCUT2D eigenvalue weighted by Crippen LogP contribution is -2.34. The van der Waals surface area contributed by atoms with Crippen molar-refractivity contribution in [3.05, 3.63) is 54.1 Å². The summed E-state index contributed by atoms with van der Waals surface area (Å²) in [5.74, 6) is 0.242. The first-order valence-electron chi connectivity index (χ1n) is 9.90. The van der Waals surface area contributed by atoms with Crippen LogP contribution >= 0.6 is 24.4 Å². The summed E-state index contributed by atoms with van der Waals surface area (Å²) in [6, 6.07) is 14.0. The number of ether oxygens (including phenoxy) is 1. The van der Waals surface area contributed by atoms with Crippen LogP contribution in [-0.4, -0.2) is 28.1 Å². The normalized spacial score (nSPS) is 11.1. The molecule has 0 radical (unpaired) electrons. The van der Waals surface area contributed by atoms with Crippen molar-refractivity contribution in [2.45, 2.75) is 39.7 Å². The zero-order valence-electron chi connectivity index (χ0n) is 17.7. The molecule has 2 rings (SSSR count). The van der Waals surface area contributed by atoms with Gasteiger partial charge in [0.15, 0.2) is 10.2 Å². The van der Waals surface area contributed by atoms with Crippen LogP contribution < -0.4 is 26.0 Å². The Morgan fingerprint density at radius 3 is 1.87 bits per heavy atom. The Kier molecular flexibility index (Phi) is 9.36. The highest BCUT2D eigenvalue weighted by Crippen LogP contribution is 2.16. The van der Waals surface area contributed by atoms with E-state index in [1.54, 1.807) is 55.5 Å². The molecule has 2 amide bonds. The maximum Gasteiger partial charge on any atom is 0.257 e. The molecule has 7 nitrogen and oxygen atoms in total. The molecule has 9 heteroatoms. The summed E-state index contributed by atoms with van der Waals surface area (Å²) < 4.78 is 5.71. The number of nitrogens with one attached hydrogen (secondary N) is 4. The van der Waals surface area contributed by atoms with Gasteiger partial charge in [-0.05, 0) is 86.3 Å². The molecule has 2 aromatic carbocycles. The van der Waals surface area contributed by atoms with Gasteiger partial charge in [0, 0.05) is 23.4 Å². The van der Waals surface area contributed by atoms with E-state index in [1.165, 1.54) is 0 Å². The predicted molar refractivity (Wildman–Crippen MR) is 132 cm³/mol. The second-order valence-corrected chi connectivity index (χ2v) is 7.52. The lowest BCUT2D eigenvalue weighted by atomic mass is 10.2. The van der Waals surface area contributed by atoms with Crippen LogP contribution in [0.4, 0.5) is 11.4 Å². The molecule has 4 N–H and O–H groups in total. The number of carbonyl (C=O) groups excluding carboxylic acids is 2. The van der Waals surface area contributed by atoms with Crippen LogP contribution in [0.3, 0.4) is 0 Å². The number of rotatable bonds is 7. The van der Waals surface area contributed by atoms with Gasteiger partial charge in [0.25, 0.3) is 5.91 Å². The van der Waals surface area contributed by atoms with E-state index in [2.05, 4.69) is 21.3 Å². The molecule has 0 saturated carbocycles. The Hall–Kier alpha value is -3.04. The highest BCUT2D eigenvalue weighted by Gasteiger charge is 2.09. The largest absolute Gasteiger partial charge is 0.491 e. The van der Waals surface area contributed by atoms with Gasteiger partial charge in [-0.25, -0.2) is 0 Å². The molecule has 0 aliphatic carbocycles. The average molecular weight is 459 g/mol. The second kappa shape index (κ2) is 12.0. The van der Waals surface area contributed by atoms with Gasteiger partial charge < -0.3 is 20.7 Å². The Morgan fingerprint density at radius 1 is 0.871 bits per heavy atom. The summed E-state index contributed by atoms with van der Waals surface area (Å²) in [7, 11) is 0. The van der Waals surface area contributed by atoms with Crippen LogP contribution in [0.5, 0.6) is 5.75 Å². The van der Waals surface area contributed by atoms with Gasteiger partial charge in [0.1, 0.15) is 5.75 Å². The Morgan fingerprint density at radius 2 is 1.39 bits per heavy atom. The van der Waals surface area contributed by atoms with Crippen molar-refractivity contribution >= 4 is 57.8 Å². The van der Waals surface area contributed by atoms with E-state index in [9.17, 15) is 9.59 Å². The minimum Gasteiger partial charge on any atom is -0.491 e. The van der Waals surface area contributed by atoms with Gasteiger partial charge in [-0.2, -0.15) is 0 Å². The first-order chi connectivity index (χ1) is 14.8. The number of anilines is 2. The van der Waals surface area contributed by atoms with Crippen molar-refractivity contribution in [1.29, 1.82) is 0 Å². The summed E-state index contributed by atoms with van der Waals surface area (Å²) in [5, 5.41) is 11.5. The number of hydrogen-bond acceptors (Lipinski definition) is 5. The third kappa shape index (κ3) is 8.31. The lowest BCUT2D eigenvalue weighted by Gasteiger charge is -2.13. The molecule has 164 valence electrons. The highest BCUT2D eigenvalue weighted by atomic mass is 32.1. The molecule has 2 aromatic rings. The molecule has 1 atom stereocenters. The third-order valence-corrected chi connectivity index (χ3v) is 4.64. The summed E-state index contributed by atoms with van der Waals surface area (Å²) in [6.07, 6.45) is 1.37. The summed E-state index contributed by atoms with van der Waals surface area (Å²) >= 11 is 10.3. The molecular formula is C22H26N4O3S2. The molecular weight excluding hydrogens is 432 g/mol. The topological polar surface area (TPSA) is 91.5 Å². The maximum absolute atomic E-state index is 12.4. The van der Waals surface area contributed by atoms with Crippen molar-refractivity contribution in [2.24, 2.45) is 0 Å². The predicted octanol–water partition coefficient (Wildman–Crippen LogP) is 4.21. The summed E-state index contributed by atoms with van der Waals surface area (Å²) in [5.41, 5.74) is 1.88. The van der Waals surface area contributed by atoms with Gasteiger partial charge in [-0.3, -0.25) is 14.9 Å². The fourth-order valence-electron chi connectivity index (χ4n) is 2.35. The fraction of sp³-hybridized carbons (Fsp3) is 0.273. The number of thiocarbonyl (C=S) groups is 2. The molecule has 0 saturated heterocycles. The quantitative estimate of drug-likeness (QED) is 0.462. The molecule has 0 fully saturated rings. The van der Waals surface area contributed by atoms with E-state index in [0.29, 0.717) is 29.1 Å². The van der Waals surface area contributed by atoms with Gasteiger partial charge in [-0.1, -0.05) is 13.8 Å². The van der Waals surface area contributed by atoms with Crippen molar-refractivity contribution in [1.82, 2.24) is 10.6 Å². The third-order valence-electron chi connectivity index (χ3n) is 4.23. The van der Waals surface area contributed by atoms with Crippen molar-refractivity contribution in [2.75, 3.05) is 10.6 Å². The van der Waals surface area contributed by atoms with E-state index in [4.69, 9.17) is 29.2 Å². The van der Waals surface area contributed by atoms with Crippen LogP contribution in [0.25, 0.3) is 0 Å². The number of hydrogen-bond donors (Lipinski definition) is 4. The van der Waals surface area contributed by atoms with Crippen molar-refractivity contribution in [3.8, 4) is 5.75 Å². The Balaban J connectivity index is 1.85. The second-order valence-electron chi connectivity index (χ2n) is 6.70. The van der Waals surface area contributed by atoms with E-state index in [0.717, 1.165) is 6.42 Å². The van der Waals surface area contributed by atoms with Gasteiger partial charge in [-0.15, -0.1) is 0 Å². The first kappa shape index (κ1) is 24.2. The van der Waals surface area contributed by atoms with E-state index < -0.39 is 0 Å². The molecule has 0 heterocycles. The lowest BCUT2D eigenvalue weighted by molar-refractivity contribution is -0.119. The van der Waals surface area contributed by atoms with E-state index >= 15 is 0 Å². The van der Waals surface area contributed by atoms with Crippen molar-refractivity contribution in [3.63, 3.8) is 0 Å².